The largest absolute Gasteiger partial charge is 0.500 e. The summed E-state index contributed by atoms with van der Waals surface area (Å²) in [7, 11) is 1.46. The molecule has 0 aromatic heterocycles. The molecule has 0 atom stereocenters. The van der Waals surface area contributed by atoms with Crippen LogP contribution in [0.5, 0.6) is 17.2 Å². The van der Waals surface area contributed by atoms with E-state index in [0.717, 1.165) is 17.0 Å². The van der Waals surface area contributed by atoms with Gasteiger partial charge in [0.1, 0.15) is 11.3 Å². The Bertz CT molecular complexity index is 1110. The van der Waals surface area contributed by atoms with Gasteiger partial charge in [-0.05, 0) is 48.9 Å². The second-order valence-corrected chi connectivity index (χ2v) is 6.23. The number of phenolic OH excluding ortho intramolecular Hbond substituents is 1. The summed E-state index contributed by atoms with van der Waals surface area (Å²) >= 11 is 0. The van der Waals surface area contributed by atoms with Crippen molar-refractivity contribution >= 4 is 35.3 Å². The number of ether oxygens (including phenoxy) is 2. The van der Waals surface area contributed by atoms with Crippen LogP contribution < -0.4 is 19.7 Å². The van der Waals surface area contributed by atoms with Crippen LogP contribution in [-0.4, -0.2) is 41.6 Å². The molecule has 2 N–H and O–H groups in total. The Balaban J connectivity index is 2.06. The van der Waals surface area contributed by atoms with Crippen molar-refractivity contribution in [1.29, 1.82) is 0 Å². The molecule has 3 rings (SSSR count). The fourth-order valence-corrected chi connectivity index (χ4v) is 2.89. The van der Waals surface area contributed by atoms with E-state index in [9.17, 15) is 29.6 Å². The van der Waals surface area contributed by atoms with Gasteiger partial charge in [0.15, 0.2) is 5.75 Å². The maximum atomic E-state index is 12.9. The van der Waals surface area contributed by atoms with Gasteiger partial charge in [0.05, 0.1) is 24.3 Å². The van der Waals surface area contributed by atoms with E-state index in [-0.39, 0.29) is 23.6 Å². The topological polar surface area (TPSA) is 148 Å². The number of barbiturate groups is 1. The van der Waals surface area contributed by atoms with Crippen molar-refractivity contribution in [1.82, 2.24) is 5.32 Å². The van der Waals surface area contributed by atoms with Crippen LogP contribution in [0.1, 0.15) is 12.5 Å². The maximum absolute atomic E-state index is 12.9. The fraction of sp³-hybridized carbons (Fsp3) is 0.150. The van der Waals surface area contributed by atoms with Gasteiger partial charge in [-0.1, -0.05) is 0 Å². The molecule has 0 bridgehead atoms. The maximum Gasteiger partial charge on any atom is 0.335 e. The predicted octanol–water partition coefficient (Wildman–Crippen LogP) is 2.37. The molecule has 0 radical (unpaired) electrons. The van der Waals surface area contributed by atoms with Gasteiger partial charge in [-0.2, -0.15) is 0 Å². The number of nitro groups is 1. The third-order valence-electron chi connectivity index (χ3n) is 4.32. The van der Waals surface area contributed by atoms with Crippen molar-refractivity contribution in [2.75, 3.05) is 18.6 Å². The van der Waals surface area contributed by atoms with Crippen molar-refractivity contribution in [3.8, 4) is 17.2 Å². The number of carbonyl (C=O) groups is 3. The molecular weight excluding hydrogens is 410 g/mol. The third kappa shape index (κ3) is 4.15. The van der Waals surface area contributed by atoms with Gasteiger partial charge in [-0.3, -0.25) is 25.0 Å². The summed E-state index contributed by atoms with van der Waals surface area (Å²) in [4.78, 5) is 48.7. The lowest BCUT2D eigenvalue weighted by atomic mass is 10.1. The van der Waals surface area contributed by atoms with Crippen molar-refractivity contribution in [2.24, 2.45) is 0 Å². The highest BCUT2D eigenvalue weighted by Crippen LogP contribution is 2.38. The minimum Gasteiger partial charge on any atom is -0.500 e. The van der Waals surface area contributed by atoms with E-state index in [4.69, 9.17) is 9.47 Å². The molecule has 1 aliphatic rings. The monoisotopic (exact) mass is 427 g/mol. The Labute approximate surface area is 175 Å². The summed E-state index contributed by atoms with van der Waals surface area (Å²) in [6.07, 6.45) is 1.08. The van der Waals surface area contributed by atoms with E-state index in [2.05, 4.69) is 5.32 Å². The molecule has 1 aliphatic heterocycles. The lowest BCUT2D eigenvalue weighted by Crippen LogP contribution is -2.54. The van der Waals surface area contributed by atoms with E-state index in [1.165, 1.54) is 37.4 Å². The molecule has 0 aliphatic carbocycles. The van der Waals surface area contributed by atoms with Gasteiger partial charge in [-0.15, -0.1) is 0 Å². The van der Waals surface area contributed by atoms with Crippen LogP contribution in [0.2, 0.25) is 0 Å². The molecule has 160 valence electrons. The Morgan fingerprint density at radius 3 is 2.45 bits per heavy atom. The SMILES string of the molecule is CCOc1cc(/C=C2/C(=O)NC(=O)N(c3ccc(OC)cc3)C2=O)cc([N+](=O)[O-])c1O. The van der Waals surface area contributed by atoms with Gasteiger partial charge >= 0.3 is 11.7 Å². The van der Waals surface area contributed by atoms with Crippen molar-refractivity contribution < 1.29 is 33.9 Å². The van der Waals surface area contributed by atoms with E-state index >= 15 is 0 Å². The lowest BCUT2D eigenvalue weighted by Gasteiger charge is -2.26. The quantitative estimate of drug-likeness (QED) is 0.309. The number of hydrogen-bond donors (Lipinski definition) is 2. The number of methoxy groups -OCH3 is 1. The first-order valence-corrected chi connectivity index (χ1v) is 8.96. The normalized spacial score (nSPS) is 15.1. The molecule has 0 unspecified atom stereocenters. The van der Waals surface area contributed by atoms with Crippen molar-refractivity contribution in [3.05, 3.63) is 57.6 Å². The Hall–Kier alpha value is -4.41. The summed E-state index contributed by atoms with van der Waals surface area (Å²) in [5.74, 6) is -2.25. The van der Waals surface area contributed by atoms with E-state index in [1.54, 1.807) is 6.92 Å². The zero-order valence-corrected chi connectivity index (χ0v) is 16.4. The number of hydrogen-bond acceptors (Lipinski definition) is 8. The van der Waals surface area contributed by atoms with Crippen LogP contribution >= 0.6 is 0 Å². The second-order valence-electron chi connectivity index (χ2n) is 6.23. The first-order valence-electron chi connectivity index (χ1n) is 8.96. The zero-order chi connectivity index (χ0) is 22.7. The molecule has 2 aromatic carbocycles. The van der Waals surface area contributed by atoms with E-state index < -0.39 is 39.8 Å². The number of nitro benzene ring substituents is 1. The number of rotatable bonds is 6. The van der Waals surface area contributed by atoms with Gasteiger partial charge in [0, 0.05) is 6.07 Å². The highest BCUT2D eigenvalue weighted by atomic mass is 16.6. The van der Waals surface area contributed by atoms with Gasteiger partial charge in [0.2, 0.25) is 5.75 Å². The molecule has 1 fully saturated rings. The Morgan fingerprint density at radius 1 is 1.19 bits per heavy atom. The number of nitrogens with one attached hydrogen (secondary N) is 1. The van der Waals surface area contributed by atoms with E-state index in [1.807, 2.05) is 0 Å². The molecule has 2 aromatic rings. The third-order valence-corrected chi connectivity index (χ3v) is 4.32. The number of carbonyl (C=O) groups excluding carboxylic acids is 3. The Morgan fingerprint density at radius 2 is 1.87 bits per heavy atom. The van der Waals surface area contributed by atoms with Crippen LogP contribution in [0.25, 0.3) is 6.08 Å². The standard InChI is InChI=1S/C20H17N3O8/c1-3-31-16-10-11(9-15(17(16)24)23(28)29)8-14-18(25)21-20(27)22(19(14)26)12-4-6-13(30-2)7-5-12/h4-10,24H,3H2,1-2H3,(H,21,25,27)/b14-8-. The first kappa shape index (κ1) is 21.3. The smallest absolute Gasteiger partial charge is 0.335 e. The molecule has 11 nitrogen and oxygen atoms in total. The molecular formula is C20H17N3O8. The average molecular weight is 427 g/mol. The first-order chi connectivity index (χ1) is 14.8. The molecule has 1 heterocycles. The number of nitrogens with zero attached hydrogens (tertiary/aromatic N) is 2. The molecule has 4 amide bonds. The molecule has 0 spiro atoms. The molecule has 31 heavy (non-hydrogen) atoms. The van der Waals surface area contributed by atoms with Crippen molar-refractivity contribution in [3.63, 3.8) is 0 Å². The number of imide groups is 2. The van der Waals surface area contributed by atoms with Crippen molar-refractivity contribution in [2.45, 2.75) is 6.92 Å². The summed E-state index contributed by atoms with van der Waals surface area (Å²) in [6.45, 7) is 1.73. The van der Waals surface area contributed by atoms with Gasteiger partial charge in [-0.25, -0.2) is 9.69 Å². The zero-order valence-electron chi connectivity index (χ0n) is 16.4. The number of anilines is 1. The van der Waals surface area contributed by atoms with Crippen LogP contribution in [0, 0.1) is 10.1 Å². The van der Waals surface area contributed by atoms with Crippen LogP contribution in [0.4, 0.5) is 16.2 Å². The summed E-state index contributed by atoms with van der Waals surface area (Å²) < 4.78 is 10.2. The molecule has 11 heteroatoms. The van der Waals surface area contributed by atoms with Crippen LogP contribution in [0.3, 0.4) is 0 Å². The number of urea groups is 1. The Kier molecular flexibility index (Phi) is 5.86. The number of benzene rings is 2. The number of aromatic hydroxyl groups is 1. The lowest BCUT2D eigenvalue weighted by molar-refractivity contribution is -0.386. The number of amides is 4. The highest BCUT2D eigenvalue weighted by Gasteiger charge is 2.37. The summed E-state index contributed by atoms with van der Waals surface area (Å²) in [5.41, 5.74) is -0.855. The minimum absolute atomic E-state index is 0.0514. The molecule has 1 saturated heterocycles. The van der Waals surface area contributed by atoms with Gasteiger partial charge < -0.3 is 14.6 Å². The van der Waals surface area contributed by atoms with Crippen LogP contribution in [-0.2, 0) is 9.59 Å². The number of phenols is 1. The van der Waals surface area contributed by atoms with E-state index in [0.29, 0.717) is 5.75 Å². The van der Waals surface area contributed by atoms with Gasteiger partial charge in [0.25, 0.3) is 11.8 Å². The highest BCUT2D eigenvalue weighted by molar-refractivity contribution is 6.39. The minimum atomic E-state index is -0.964. The average Bonchev–Trinajstić information content (AvgIpc) is 2.73. The summed E-state index contributed by atoms with van der Waals surface area (Å²) in [6, 6.07) is 7.28. The predicted molar refractivity (Wildman–Crippen MR) is 108 cm³/mol. The second kappa shape index (κ2) is 8.53. The van der Waals surface area contributed by atoms with Crippen LogP contribution in [0.15, 0.2) is 42.0 Å². The molecule has 0 saturated carbocycles. The summed E-state index contributed by atoms with van der Waals surface area (Å²) in [5, 5.41) is 23.3. The fourth-order valence-electron chi connectivity index (χ4n) is 2.89.